The highest BCUT2D eigenvalue weighted by atomic mass is 14.8. The van der Waals surface area contributed by atoms with Gasteiger partial charge in [-0.15, -0.1) is 0 Å². The fourth-order valence-corrected chi connectivity index (χ4v) is 0.961. The molecule has 0 atom stereocenters. The van der Waals surface area contributed by atoms with Crippen molar-refractivity contribution in [3.8, 4) is 0 Å². The average molecular weight is 123 g/mol. The standard InChI is InChI=1S/C8H13N/c1-2-4-8-5-3-6-9-7-8/h3,5,7,9H,2,4,6H2,1H3. The van der Waals surface area contributed by atoms with Crippen LogP contribution < -0.4 is 5.32 Å². The van der Waals surface area contributed by atoms with E-state index in [1.807, 2.05) is 0 Å². The van der Waals surface area contributed by atoms with Gasteiger partial charge in [0, 0.05) is 6.54 Å². The Morgan fingerprint density at radius 3 is 3.11 bits per heavy atom. The Labute approximate surface area is 56.5 Å². The molecule has 0 saturated carbocycles. The molecular formula is C8H13N. The van der Waals surface area contributed by atoms with Crippen LogP contribution >= 0.6 is 0 Å². The first-order chi connectivity index (χ1) is 4.43. The highest BCUT2D eigenvalue weighted by Crippen LogP contribution is 2.06. The van der Waals surface area contributed by atoms with E-state index in [9.17, 15) is 0 Å². The molecule has 1 rings (SSSR count). The summed E-state index contributed by atoms with van der Waals surface area (Å²) in [6.07, 6.45) is 8.88. The molecule has 0 fully saturated rings. The van der Waals surface area contributed by atoms with Crippen molar-refractivity contribution < 1.29 is 0 Å². The van der Waals surface area contributed by atoms with Crippen molar-refractivity contribution in [1.29, 1.82) is 0 Å². The van der Waals surface area contributed by atoms with E-state index in [0.29, 0.717) is 0 Å². The van der Waals surface area contributed by atoms with Crippen LogP contribution in [-0.4, -0.2) is 6.54 Å². The summed E-state index contributed by atoms with van der Waals surface area (Å²) in [5.74, 6) is 0. The highest BCUT2D eigenvalue weighted by Gasteiger charge is 1.92. The van der Waals surface area contributed by atoms with Gasteiger partial charge in [0.1, 0.15) is 0 Å². The summed E-state index contributed by atoms with van der Waals surface area (Å²) in [6, 6.07) is 0. The Bertz CT molecular complexity index is 134. The van der Waals surface area contributed by atoms with Crippen LogP contribution in [0.3, 0.4) is 0 Å². The summed E-state index contributed by atoms with van der Waals surface area (Å²) in [6.45, 7) is 3.19. The van der Waals surface area contributed by atoms with Crippen molar-refractivity contribution in [3.63, 3.8) is 0 Å². The van der Waals surface area contributed by atoms with Gasteiger partial charge in [-0.1, -0.05) is 25.5 Å². The van der Waals surface area contributed by atoms with Gasteiger partial charge in [-0.25, -0.2) is 0 Å². The second kappa shape index (κ2) is 3.33. The van der Waals surface area contributed by atoms with E-state index in [4.69, 9.17) is 0 Å². The SMILES string of the molecule is CCCC1=CNCC=C1. The van der Waals surface area contributed by atoms with Crippen molar-refractivity contribution >= 4 is 0 Å². The molecule has 0 spiro atoms. The van der Waals surface area contributed by atoms with Gasteiger partial charge in [0.05, 0.1) is 0 Å². The third-order valence-corrected chi connectivity index (χ3v) is 1.39. The molecule has 1 N–H and O–H groups in total. The summed E-state index contributed by atoms with van der Waals surface area (Å²) < 4.78 is 0. The number of hydrogen-bond acceptors (Lipinski definition) is 1. The molecule has 1 aliphatic heterocycles. The Morgan fingerprint density at radius 2 is 2.56 bits per heavy atom. The van der Waals surface area contributed by atoms with Crippen LogP contribution in [0, 0.1) is 0 Å². The molecule has 0 bridgehead atoms. The predicted molar refractivity (Wildman–Crippen MR) is 40.1 cm³/mol. The fraction of sp³-hybridized carbons (Fsp3) is 0.500. The van der Waals surface area contributed by atoms with Crippen LogP contribution in [0.25, 0.3) is 0 Å². The minimum absolute atomic E-state index is 0.993. The van der Waals surface area contributed by atoms with Gasteiger partial charge >= 0.3 is 0 Å². The Kier molecular flexibility index (Phi) is 2.37. The quantitative estimate of drug-likeness (QED) is 0.590. The lowest BCUT2D eigenvalue weighted by molar-refractivity contribution is 0.874. The van der Waals surface area contributed by atoms with Crippen molar-refractivity contribution in [3.05, 3.63) is 23.9 Å². The monoisotopic (exact) mass is 123 g/mol. The van der Waals surface area contributed by atoms with Gasteiger partial charge in [-0.05, 0) is 18.2 Å². The van der Waals surface area contributed by atoms with Crippen LogP contribution in [0.2, 0.25) is 0 Å². The Morgan fingerprint density at radius 1 is 1.67 bits per heavy atom. The van der Waals surface area contributed by atoms with Crippen molar-refractivity contribution in [2.75, 3.05) is 6.54 Å². The van der Waals surface area contributed by atoms with E-state index in [2.05, 4.69) is 30.6 Å². The summed E-state index contributed by atoms with van der Waals surface area (Å²) in [5, 5.41) is 3.17. The van der Waals surface area contributed by atoms with Gasteiger partial charge in [0.2, 0.25) is 0 Å². The summed E-state index contributed by atoms with van der Waals surface area (Å²) in [7, 11) is 0. The third-order valence-electron chi connectivity index (χ3n) is 1.39. The average Bonchev–Trinajstić information content (AvgIpc) is 1.91. The van der Waals surface area contributed by atoms with Gasteiger partial charge in [-0.3, -0.25) is 0 Å². The first-order valence-corrected chi connectivity index (χ1v) is 3.52. The molecule has 50 valence electrons. The lowest BCUT2D eigenvalue weighted by Crippen LogP contribution is -2.08. The second-order valence-electron chi connectivity index (χ2n) is 2.28. The zero-order chi connectivity index (χ0) is 6.53. The smallest absolute Gasteiger partial charge is 0.0328 e. The molecular weight excluding hydrogens is 110 g/mol. The van der Waals surface area contributed by atoms with E-state index in [1.165, 1.54) is 18.4 Å². The van der Waals surface area contributed by atoms with Crippen molar-refractivity contribution in [2.45, 2.75) is 19.8 Å². The zero-order valence-corrected chi connectivity index (χ0v) is 5.85. The molecule has 0 unspecified atom stereocenters. The second-order valence-corrected chi connectivity index (χ2v) is 2.28. The molecule has 0 aromatic heterocycles. The summed E-state index contributed by atoms with van der Waals surface area (Å²) in [5.41, 5.74) is 1.42. The maximum absolute atomic E-state index is 3.17. The largest absolute Gasteiger partial charge is 0.387 e. The number of dihydropyridines is 1. The molecule has 1 heteroatoms. The molecule has 0 radical (unpaired) electrons. The first kappa shape index (κ1) is 6.40. The van der Waals surface area contributed by atoms with Crippen molar-refractivity contribution in [2.24, 2.45) is 0 Å². The molecule has 0 aromatic rings. The minimum Gasteiger partial charge on any atom is -0.387 e. The van der Waals surface area contributed by atoms with Gasteiger partial charge in [0.15, 0.2) is 0 Å². The molecule has 1 nitrogen and oxygen atoms in total. The molecule has 0 aliphatic carbocycles. The maximum Gasteiger partial charge on any atom is 0.0328 e. The van der Waals surface area contributed by atoms with Crippen LogP contribution in [0.5, 0.6) is 0 Å². The Hall–Kier alpha value is -0.720. The summed E-state index contributed by atoms with van der Waals surface area (Å²) >= 11 is 0. The van der Waals surface area contributed by atoms with Crippen molar-refractivity contribution in [1.82, 2.24) is 5.32 Å². The topological polar surface area (TPSA) is 12.0 Å². The molecule has 1 heterocycles. The van der Waals surface area contributed by atoms with E-state index >= 15 is 0 Å². The lowest BCUT2D eigenvalue weighted by atomic mass is 10.1. The van der Waals surface area contributed by atoms with E-state index in [0.717, 1.165) is 6.54 Å². The van der Waals surface area contributed by atoms with Gasteiger partial charge in [0.25, 0.3) is 0 Å². The predicted octanol–water partition coefficient (Wildman–Crippen LogP) is 1.83. The molecule has 1 aliphatic rings. The highest BCUT2D eigenvalue weighted by molar-refractivity contribution is 5.21. The minimum atomic E-state index is 0.993. The molecule has 0 saturated heterocycles. The van der Waals surface area contributed by atoms with Crippen LogP contribution in [0.1, 0.15) is 19.8 Å². The number of hydrogen-bond donors (Lipinski definition) is 1. The number of allylic oxidation sites excluding steroid dienone is 2. The van der Waals surface area contributed by atoms with E-state index in [1.54, 1.807) is 0 Å². The Balaban J connectivity index is 2.38. The van der Waals surface area contributed by atoms with E-state index in [-0.39, 0.29) is 0 Å². The van der Waals surface area contributed by atoms with Crippen LogP contribution in [-0.2, 0) is 0 Å². The first-order valence-electron chi connectivity index (χ1n) is 3.52. The lowest BCUT2D eigenvalue weighted by Gasteiger charge is -2.05. The van der Waals surface area contributed by atoms with Gasteiger partial charge < -0.3 is 5.32 Å². The van der Waals surface area contributed by atoms with Gasteiger partial charge in [-0.2, -0.15) is 0 Å². The summed E-state index contributed by atoms with van der Waals surface area (Å²) in [4.78, 5) is 0. The molecule has 0 aromatic carbocycles. The zero-order valence-electron chi connectivity index (χ0n) is 5.85. The van der Waals surface area contributed by atoms with Crippen LogP contribution in [0.4, 0.5) is 0 Å². The molecule has 9 heavy (non-hydrogen) atoms. The van der Waals surface area contributed by atoms with Crippen LogP contribution in [0.15, 0.2) is 23.9 Å². The van der Waals surface area contributed by atoms with E-state index < -0.39 is 0 Å². The number of nitrogens with one attached hydrogen (secondary N) is 1. The maximum atomic E-state index is 3.17. The normalized spacial score (nSPS) is 16.8. The molecule has 0 amide bonds. The third kappa shape index (κ3) is 1.92. The fourth-order valence-electron chi connectivity index (χ4n) is 0.961. The number of rotatable bonds is 2.